The van der Waals surface area contributed by atoms with Gasteiger partial charge >= 0.3 is 0 Å². The molecule has 0 aromatic rings. The molecule has 0 fully saturated rings. The third-order valence-electron chi connectivity index (χ3n) is 0.438. The first-order valence-electron chi connectivity index (χ1n) is 2.69. The normalized spacial score (nSPS) is 9.56. The van der Waals surface area contributed by atoms with Gasteiger partial charge in [0.2, 0.25) is 0 Å². The van der Waals surface area contributed by atoms with Crippen molar-refractivity contribution in [2.24, 2.45) is 5.28 Å². The second-order valence-electron chi connectivity index (χ2n) is 1.20. The Kier molecular flexibility index (Phi) is 8.47. The van der Waals surface area contributed by atoms with E-state index in [1.54, 1.807) is 0 Å². The average Bonchev–Trinajstić information content (AvgIpc) is 1.91. The van der Waals surface area contributed by atoms with Gasteiger partial charge in [0.25, 0.3) is 10.2 Å². The molecule has 0 aliphatic carbocycles. The SMILES string of the molecule is CC.CN(C)/[N+](O)=N/O. The Labute approximate surface area is 54.7 Å². The predicted octanol–water partition coefficient (Wildman–Crippen LogP) is 0.732. The molecule has 0 spiro atoms. The van der Waals surface area contributed by atoms with E-state index in [0.29, 0.717) is 4.97 Å². The fourth-order valence-corrected chi connectivity index (χ4v) is 0.0800. The highest BCUT2D eigenvalue weighted by molar-refractivity contribution is 3.91. The highest BCUT2D eigenvalue weighted by Crippen LogP contribution is 1.70. The quantitative estimate of drug-likeness (QED) is 0.317. The highest BCUT2D eigenvalue weighted by atomic mass is 16.6. The summed E-state index contributed by atoms with van der Waals surface area (Å²) in [5, 5.41) is 19.6. The molecule has 0 aliphatic rings. The molecule has 56 valence electrons. The summed E-state index contributed by atoms with van der Waals surface area (Å²) in [5.41, 5.74) is 0. The van der Waals surface area contributed by atoms with E-state index in [9.17, 15) is 0 Å². The van der Waals surface area contributed by atoms with E-state index in [1.807, 2.05) is 13.8 Å². The first kappa shape index (κ1) is 10.9. The Balaban J connectivity index is 0. The molecule has 0 aromatic carbocycles. The summed E-state index contributed by atoms with van der Waals surface area (Å²) in [5.74, 6) is 0. The van der Waals surface area contributed by atoms with Gasteiger partial charge in [-0.25, -0.2) is 5.21 Å². The first-order valence-corrected chi connectivity index (χ1v) is 2.69. The van der Waals surface area contributed by atoms with Crippen molar-refractivity contribution < 1.29 is 15.4 Å². The molecule has 0 unspecified atom stereocenters. The highest BCUT2D eigenvalue weighted by Gasteiger charge is 2.01. The van der Waals surface area contributed by atoms with Crippen LogP contribution in [0.15, 0.2) is 5.28 Å². The smallest absolute Gasteiger partial charge is 0.271 e. The van der Waals surface area contributed by atoms with Crippen LogP contribution in [0, 0.1) is 0 Å². The molecule has 2 N–H and O–H groups in total. The fraction of sp³-hybridized carbons (Fsp3) is 1.00. The maximum Gasteiger partial charge on any atom is 0.271 e. The minimum absolute atomic E-state index is 0.306. The largest absolute Gasteiger partial charge is 0.357 e. The van der Waals surface area contributed by atoms with Crippen LogP contribution in [-0.2, 0) is 0 Å². The average molecular weight is 136 g/mol. The zero-order chi connectivity index (χ0) is 7.86. The summed E-state index contributed by atoms with van der Waals surface area (Å²) in [6.07, 6.45) is 0. The van der Waals surface area contributed by atoms with Crippen LogP contribution >= 0.6 is 0 Å². The Morgan fingerprint density at radius 3 is 1.67 bits per heavy atom. The predicted molar refractivity (Wildman–Crippen MR) is 31.3 cm³/mol. The van der Waals surface area contributed by atoms with E-state index >= 15 is 0 Å². The maximum atomic E-state index is 8.28. The van der Waals surface area contributed by atoms with Crippen molar-refractivity contribution in [2.45, 2.75) is 13.8 Å². The first-order chi connectivity index (χ1) is 4.18. The Bertz CT molecular complexity index is 81.9. The molecule has 0 radical (unpaired) electrons. The van der Waals surface area contributed by atoms with Crippen LogP contribution in [0.25, 0.3) is 0 Å². The zero-order valence-corrected chi connectivity index (χ0v) is 6.24. The Morgan fingerprint density at radius 1 is 1.33 bits per heavy atom. The summed E-state index contributed by atoms with van der Waals surface area (Å²) < 4.78 is 0. The lowest BCUT2D eigenvalue weighted by Crippen LogP contribution is -2.22. The van der Waals surface area contributed by atoms with Crippen molar-refractivity contribution in [3.05, 3.63) is 0 Å². The topological polar surface area (TPSA) is 59.1 Å². The summed E-state index contributed by atoms with van der Waals surface area (Å²) in [6, 6.07) is 0. The number of hydrogen-bond donors (Lipinski definition) is 2. The van der Waals surface area contributed by atoms with Gasteiger partial charge in [0, 0.05) is 0 Å². The number of hydrogen-bond acceptors (Lipinski definition) is 1. The van der Waals surface area contributed by atoms with Gasteiger partial charge in [0.15, 0.2) is 0 Å². The molecule has 0 atom stereocenters. The van der Waals surface area contributed by atoms with Crippen molar-refractivity contribution >= 4 is 0 Å². The third kappa shape index (κ3) is 7.00. The van der Waals surface area contributed by atoms with Gasteiger partial charge in [0.05, 0.1) is 14.1 Å². The second kappa shape index (κ2) is 7.00. The minimum Gasteiger partial charge on any atom is -0.357 e. The van der Waals surface area contributed by atoms with E-state index in [4.69, 9.17) is 10.4 Å². The molecule has 0 saturated carbocycles. The number of rotatable bonds is 1. The lowest BCUT2D eigenvalue weighted by atomic mass is 11.0. The van der Waals surface area contributed by atoms with Crippen LogP contribution in [0.1, 0.15) is 13.8 Å². The monoisotopic (exact) mass is 136 g/mol. The van der Waals surface area contributed by atoms with Crippen molar-refractivity contribution in [3.8, 4) is 0 Å². The minimum atomic E-state index is 0.306. The molecule has 9 heavy (non-hydrogen) atoms. The zero-order valence-electron chi connectivity index (χ0n) is 6.24. The van der Waals surface area contributed by atoms with E-state index in [1.165, 1.54) is 19.1 Å². The van der Waals surface area contributed by atoms with Crippen LogP contribution in [0.4, 0.5) is 0 Å². The number of hydrazine groups is 1. The Morgan fingerprint density at radius 2 is 1.67 bits per heavy atom. The molecule has 0 bridgehead atoms. The van der Waals surface area contributed by atoms with Gasteiger partial charge in [-0.3, -0.25) is 0 Å². The van der Waals surface area contributed by atoms with Crippen LogP contribution in [-0.4, -0.2) is 34.5 Å². The summed E-state index contributed by atoms with van der Waals surface area (Å²) >= 11 is 0. The van der Waals surface area contributed by atoms with E-state index in [2.05, 4.69) is 5.28 Å². The van der Waals surface area contributed by atoms with Crippen molar-refractivity contribution in [3.63, 3.8) is 0 Å². The molecule has 0 rings (SSSR count). The molecular weight excluding hydrogens is 122 g/mol. The molecular formula is C4H14N3O2+. The van der Waals surface area contributed by atoms with Gasteiger partial charge in [-0.05, 0) is 0 Å². The van der Waals surface area contributed by atoms with Gasteiger partial charge < -0.3 is 5.21 Å². The van der Waals surface area contributed by atoms with Crippen molar-refractivity contribution in [1.82, 2.24) is 5.01 Å². The molecule has 5 nitrogen and oxygen atoms in total. The molecule has 5 heteroatoms. The fourth-order valence-electron chi connectivity index (χ4n) is 0.0800. The van der Waals surface area contributed by atoms with Crippen molar-refractivity contribution in [1.29, 1.82) is 0 Å². The second-order valence-corrected chi connectivity index (χ2v) is 1.20. The summed E-state index contributed by atoms with van der Waals surface area (Å²) in [4.78, 5) is 0.306. The molecule has 0 saturated heterocycles. The summed E-state index contributed by atoms with van der Waals surface area (Å²) in [6.45, 7) is 4.00. The van der Waals surface area contributed by atoms with E-state index in [-0.39, 0.29) is 0 Å². The van der Waals surface area contributed by atoms with Crippen LogP contribution < -0.4 is 0 Å². The standard InChI is InChI=1S/C2H7N3O2.C2H6/c1-4(2)5(7)3-6;1-2/h7H,1-2H3;1-2H3/p+1. The van der Waals surface area contributed by atoms with Gasteiger partial charge in [0.1, 0.15) is 0 Å². The van der Waals surface area contributed by atoms with E-state index < -0.39 is 0 Å². The number of nitrogens with zero attached hydrogens (tertiary/aromatic N) is 3. The van der Waals surface area contributed by atoms with Gasteiger partial charge in [-0.15, -0.1) is 5.01 Å². The summed E-state index contributed by atoms with van der Waals surface area (Å²) in [7, 11) is 3.06. The lowest BCUT2D eigenvalue weighted by Gasteiger charge is -1.92. The van der Waals surface area contributed by atoms with Gasteiger partial charge in [-0.1, -0.05) is 13.8 Å². The molecule has 0 aromatic heterocycles. The van der Waals surface area contributed by atoms with Crippen LogP contribution in [0.3, 0.4) is 0 Å². The maximum absolute atomic E-state index is 8.28. The Hall–Kier alpha value is -1.00. The van der Waals surface area contributed by atoms with Crippen LogP contribution in [0.2, 0.25) is 0 Å². The third-order valence-corrected chi connectivity index (χ3v) is 0.438. The van der Waals surface area contributed by atoms with Gasteiger partial charge in [-0.2, -0.15) is 0 Å². The van der Waals surface area contributed by atoms with E-state index in [0.717, 1.165) is 0 Å². The molecule has 0 aliphatic heterocycles. The van der Waals surface area contributed by atoms with Crippen LogP contribution in [0.5, 0.6) is 0 Å². The molecule has 0 amide bonds. The lowest BCUT2D eigenvalue weighted by molar-refractivity contribution is -0.934. The molecule has 0 heterocycles. The van der Waals surface area contributed by atoms with Crippen molar-refractivity contribution in [2.75, 3.05) is 14.1 Å².